The molecular formula is C20H23ClN6O2. The van der Waals surface area contributed by atoms with Gasteiger partial charge < -0.3 is 19.5 Å². The third-order valence-corrected chi connectivity index (χ3v) is 4.97. The fraction of sp³-hybridized carbons (Fsp3) is 0.400. The Balaban J connectivity index is 1.42. The van der Waals surface area contributed by atoms with E-state index in [1.54, 1.807) is 4.90 Å². The van der Waals surface area contributed by atoms with Crippen LogP contribution in [0, 0.1) is 0 Å². The second kappa shape index (κ2) is 7.51. The summed E-state index contributed by atoms with van der Waals surface area (Å²) in [6.07, 6.45) is 1.15. The third kappa shape index (κ3) is 4.27. The maximum Gasteiger partial charge on any atom is 0.410 e. The molecule has 0 saturated carbocycles. The number of benzene rings is 1. The predicted octanol–water partition coefficient (Wildman–Crippen LogP) is 3.73. The van der Waals surface area contributed by atoms with Crippen LogP contribution < -0.4 is 4.90 Å². The standard InChI is InChI=1S/C20H23ClN6O2/c1-20(2,3)29-19(28)27-10-8-26(9-11-27)14-6-4-13(5-7-14)17-24-15-16(21)22-12-23-18(15)25-17/h4-7,12H,8-11H2,1-3H3,(H,22,23,24,25). The highest BCUT2D eigenvalue weighted by molar-refractivity contribution is 6.33. The zero-order chi connectivity index (χ0) is 20.6. The van der Waals surface area contributed by atoms with E-state index in [2.05, 4.69) is 37.0 Å². The van der Waals surface area contributed by atoms with Gasteiger partial charge in [-0.1, -0.05) is 11.6 Å². The smallest absolute Gasteiger partial charge is 0.410 e. The Morgan fingerprint density at radius 2 is 1.79 bits per heavy atom. The van der Waals surface area contributed by atoms with E-state index >= 15 is 0 Å². The molecule has 0 spiro atoms. The summed E-state index contributed by atoms with van der Waals surface area (Å²) >= 11 is 6.09. The van der Waals surface area contributed by atoms with Crippen molar-refractivity contribution >= 4 is 34.5 Å². The van der Waals surface area contributed by atoms with Crippen LogP contribution in [0.1, 0.15) is 20.8 Å². The van der Waals surface area contributed by atoms with Crippen LogP contribution in [0.5, 0.6) is 0 Å². The number of nitrogens with one attached hydrogen (secondary N) is 1. The average molecular weight is 415 g/mol. The number of H-pyrrole nitrogens is 1. The highest BCUT2D eigenvalue weighted by Crippen LogP contribution is 2.25. The molecule has 8 nitrogen and oxygen atoms in total. The first-order chi connectivity index (χ1) is 13.8. The number of amides is 1. The maximum absolute atomic E-state index is 12.2. The quantitative estimate of drug-likeness (QED) is 0.643. The molecule has 0 atom stereocenters. The monoisotopic (exact) mass is 414 g/mol. The number of rotatable bonds is 2. The van der Waals surface area contributed by atoms with Gasteiger partial charge in [0.1, 0.15) is 23.3 Å². The number of hydrogen-bond acceptors (Lipinski definition) is 6. The minimum absolute atomic E-state index is 0.251. The van der Waals surface area contributed by atoms with Crippen molar-refractivity contribution < 1.29 is 9.53 Å². The summed E-state index contributed by atoms with van der Waals surface area (Å²) in [5, 5.41) is 0.355. The van der Waals surface area contributed by atoms with Crippen molar-refractivity contribution in [2.24, 2.45) is 0 Å². The molecule has 1 aromatic carbocycles. The van der Waals surface area contributed by atoms with Crippen molar-refractivity contribution in [1.82, 2.24) is 24.8 Å². The molecule has 3 aromatic rings. The summed E-state index contributed by atoms with van der Waals surface area (Å²) in [4.78, 5) is 32.0. The number of halogens is 1. The zero-order valence-corrected chi connectivity index (χ0v) is 17.4. The van der Waals surface area contributed by atoms with Gasteiger partial charge >= 0.3 is 6.09 Å². The molecule has 1 aliphatic rings. The normalized spacial score (nSPS) is 15.0. The van der Waals surface area contributed by atoms with Crippen molar-refractivity contribution in [1.29, 1.82) is 0 Å². The van der Waals surface area contributed by atoms with E-state index in [0.717, 1.165) is 24.3 Å². The van der Waals surface area contributed by atoms with Crippen LogP contribution in [0.2, 0.25) is 5.15 Å². The second-order valence-corrected chi connectivity index (χ2v) is 8.31. The van der Waals surface area contributed by atoms with Crippen molar-refractivity contribution in [3.05, 3.63) is 35.7 Å². The minimum atomic E-state index is -0.476. The number of nitrogens with zero attached hydrogens (tertiary/aromatic N) is 5. The van der Waals surface area contributed by atoms with E-state index in [4.69, 9.17) is 16.3 Å². The Morgan fingerprint density at radius 1 is 1.10 bits per heavy atom. The Kier molecular flexibility index (Phi) is 5.04. The molecule has 1 N–H and O–H groups in total. The van der Waals surface area contributed by atoms with Gasteiger partial charge in [-0.25, -0.2) is 19.7 Å². The highest BCUT2D eigenvalue weighted by Gasteiger charge is 2.26. The largest absolute Gasteiger partial charge is 0.444 e. The Bertz CT molecular complexity index is 1020. The van der Waals surface area contributed by atoms with Gasteiger partial charge in [0.15, 0.2) is 10.8 Å². The van der Waals surface area contributed by atoms with Crippen LogP contribution in [0.3, 0.4) is 0 Å². The molecule has 0 aliphatic carbocycles. The molecule has 1 amide bonds. The number of fused-ring (bicyclic) bond motifs is 1. The molecule has 1 saturated heterocycles. The third-order valence-electron chi connectivity index (χ3n) is 4.68. The number of piperazine rings is 1. The van der Waals surface area contributed by atoms with Crippen LogP contribution in [0.4, 0.5) is 10.5 Å². The van der Waals surface area contributed by atoms with Gasteiger partial charge in [0.25, 0.3) is 0 Å². The van der Waals surface area contributed by atoms with E-state index in [1.807, 2.05) is 32.9 Å². The summed E-state index contributed by atoms with van der Waals surface area (Å²) in [5.74, 6) is 0.698. The van der Waals surface area contributed by atoms with Crippen LogP contribution in [-0.4, -0.2) is 62.7 Å². The molecule has 0 unspecified atom stereocenters. The lowest BCUT2D eigenvalue weighted by atomic mass is 10.1. The van der Waals surface area contributed by atoms with Crippen LogP contribution in [0.15, 0.2) is 30.6 Å². The number of carbonyl (C=O) groups excluding carboxylic acids is 1. The SMILES string of the molecule is CC(C)(C)OC(=O)N1CCN(c2ccc(-c3nc4ncnc(Cl)c4[nH]3)cc2)CC1. The van der Waals surface area contributed by atoms with Crippen molar-refractivity contribution in [2.45, 2.75) is 26.4 Å². The van der Waals surface area contributed by atoms with Gasteiger partial charge in [-0.3, -0.25) is 0 Å². The lowest BCUT2D eigenvalue weighted by Crippen LogP contribution is -2.50. The summed E-state index contributed by atoms with van der Waals surface area (Å²) in [6, 6.07) is 8.13. The molecule has 0 radical (unpaired) electrons. The number of anilines is 1. The number of hydrogen-bond donors (Lipinski definition) is 1. The summed E-state index contributed by atoms with van der Waals surface area (Å²) in [5.41, 5.74) is 2.74. The first-order valence-corrected chi connectivity index (χ1v) is 9.87. The summed E-state index contributed by atoms with van der Waals surface area (Å²) < 4.78 is 5.46. The molecule has 1 fully saturated rings. The molecular weight excluding hydrogens is 392 g/mol. The van der Waals surface area contributed by atoms with E-state index in [-0.39, 0.29) is 6.09 Å². The lowest BCUT2D eigenvalue weighted by Gasteiger charge is -2.36. The molecule has 1 aliphatic heterocycles. The Labute approximate surface area is 173 Å². The maximum atomic E-state index is 12.2. The molecule has 2 aromatic heterocycles. The van der Waals surface area contributed by atoms with E-state index in [1.165, 1.54) is 6.33 Å². The van der Waals surface area contributed by atoms with Gasteiger partial charge in [-0.2, -0.15) is 0 Å². The summed E-state index contributed by atoms with van der Waals surface area (Å²) in [7, 11) is 0. The predicted molar refractivity (Wildman–Crippen MR) is 112 cm³/mol. The van der Waals surface area contributed by atoms with E-state index < -0.39 is 5.60 Å². The van der Waals surface area contributed by atoms with Gasteiger partial charge in [0.2, 0.25) is 0 Å². The molecule has 3 heterocycles. The van der Waals surface area contributed by atoms with Crippen molar-refractivity contribution in [3.8, 4) is 11.4 Å². The number of imidazole rings is 1. The van der Waals surface area contributed by atoms with Crippen LogP contribution >= 0.6 is 11.6 Å². The average Bonchev–Trinajstić information content (AvgIpc) is 3.13. The molecule has 4 rings (SSSR count). The summed E-state index contributed by atoms with van der Waals surface area (Å²) in [6.45, 7) is 8.43. The van der Waals surface area contributed by atoms with Gasteiger partial charge in [-0.05, 0) is 45.0 Å². The first-order valence-electron chi connectivity index (χ1n) is 9.50. The number of carbonyl (C=O) groups is 1. The fourth-order valence-corrected chi connectivity index (χ4v) is 3.42. The number of ether oxygens (including phenoxy) is 1. The molecule has 152 valence electrons. The number of aromatic amines is 1. The van der Waals surface area contributed by atoms with Crippen LogP contribution in [-0.2, 0) is 4.74 Å². The van der Waals surface area contributed by atoms with Gasteiger partial charge in [0.05, 0.1) is 0 Å². The first kappa shape index (κ1) is 19.4. The van der Waals surface area contributed by atoms with Gasteiger partial charge in [0, 0.05) is 37.4 Å². The molecule has 29 heavy (non-hydrogen) atoms. The molecule has 0 bridgehead atoms. The fourth-order valence-electron chi connectivity index (χ4n) is 3.24. The van der Waals surface area contributed by atoms with Gasteiger partial charge in [-0.15, -0.1) is 0 Å². The Morgan fingerprint density at radius 3 is 2.41 bits per heavy atom. The van der Waals surface area contributed by atoms with Crippen molar-refractivity contribution in [3.63, 3.8) is 0 Å². The zero-order valence-electron chi connectivity index (χ0n) is 16.6. The number of aromatic nitrogens is 4. The molecule has 9 heteroatoms. The minimum Gasteiger partial charge on any atom is -0.444 e. The topological polar surface area (TPSA) is 87.2 Å². The van der Waals surface area contributed by atoms with Crippen LogP contribution in [0.25, 0.3) is 22.6 Å². The van der Waals surface area contributed by atoms with E-state index in [9.17, 15) is 4.79 Å². The Hall–Kier alpha value is -2.87. The lowest BCUT2D eigenvalue weighted by molar-refractivity contribution is 0.0240. The van der Waals surface area contributed by atoms with Crippen molar-refractivity contribution in [2.75, 3.05) is 31.1 Å². The van der Waals surface area contributed by atoms with E-state index in [0.29, 0.717) is 35.2 Å². The highest BCUT2D eigenvalue weighted by atomic mass is 35.5. The second-order valence-electron chi connectivity index (χ2n) is 7.95.